The summed E-state index contributed by atoms with van der Waals surface area (Å²) in [5, 5.41) is 7.56. The number of rotatable bonds is 9. The highest BCUT2D eigenvalue weighted by molar-refractivity contribution is 6.04. The van der Waals surface area contributed by atoms with Crippen molar-refractivity contribution in [3.8, 4) is 28.0 Å². The molecule has 1 heterocycles. The highest BCUT2D eigenvalue weighted by atomic mass is 16.5. The third-order valence-corrected chi connectivity index (χ3v) is 7.69. The predicted molar refractivity (Wildman–Crippen MR) is 159 cm³/mol. The van der Waals surface area contributed by atoms with Crippen LogP contribution < -0.4 is 10.5 Å². The number of ether oxygens (including phenoxy) is 2. The molecule has 3 N–H and O–H groups in total. The predicted octanol–water partition coefficient (Wildman–Crippen LogP) is 5.66. The van der Waals surface area contributed by atoms with Crippen LogP contribution in [0.2, 0.25) is 0 Å². The lowest BCUT2D eigenvalue weighted by atomic mass is 9.87. The van der Waals surface area contributed by atoms with E-state index in [-0.39, 0.29) is 24.4 Å². The maximum absolute atomic E-state index is 13.6. The second kappa shape index (κ2) is 11.7. The van der Waals surface area contributed by atoms with Crippen LogP contribution in [0.1, 0.15) is 24.5 Å². The van der Waals surface area contributed by atoms with Crippen molar-refractivity contribution in [2.24, 2.45) is 11.1 Å². The van der Waals surface area contributed by atoms with Gasteiger partial charge in [-0.2, -0.15) is 0 Å². The van der Waals surface area contributed by atoms with E-state index in [0.717, 1.165) is 27.8 Å². The molecule has 0 bridgehead atoms. The fourth-order valence-electron chi connectivity index (χ4n) is 5.31. The van der Waals surface area contributed by atoms with Gasteiger partial charge in [0.25, 0.3) is 0 Å². The van der Waals surface area contributed by atoms with Gasteiger partial charge in [-0.15, -0.1) is 0 Å². The van der Waals surface area contributed by atoms with Crippen molar-refractivity contribution in [1.82, 2.24) is 4.90 Å². The molecule has 1 saturated heterocycles. The van der Waals surface area contributed by atoms with Gasteiger partial charge in [0, 0.05) is 12.1 Å². The first kappa shape index (κ1) is 27.6. The molecule has 0 unspecified atom stereocenters. The molecule has 0 aromatic heterocycles. The van der Waals surface area contributed by atoms with Crippen molar-refractivity contribution in [2.45, 2.75) is 25.9 Å². The fraction of sp³-hybridized carbons (Fsp3) is 0.206. The largest absolute Gasteiger partial charge is 0.491 e. The number of hydrogen-bond donors (Lipinski definition) is 2. The van der Waals surface area contributed by atoms with Crippen LogP contribution in [-0.2, 0) is 20.9 Å². The fourth-order valence-corrected chi connectivity index (χ4v) is 5.31. The Morgan fingerprint density at radius 3 is 1.98 bits per heavy atom. The minimum absolute atomic E-state index is 0.0345. The molecule has 4 aromatic rings. The van der Waals surface area contributed by atoms with Gasteiger partial charge in [0.15, 0.2) is 0 Å². The molecule has 1 aliphatic rings. The Morgan fingerprint density at radius 1 is 0.878 bits per heavy atom. The number of methoxy groups -OCH3 is 1. The number of likely N-dealkylation sites (tertiary alicyclic amines) is 1. The first-order valence-corrected chi connectivity index (χ1v) is 13.5. The van der Waals surface area contributed by atoms with E-state index in [0.29, 0.717) is 24.3 Å². The Labute approximate surface area is 240 Å². The third-order valence-electron chi connectivity index (χ3n) is 7.69. The van der Waals surface area contributed by atoms with Gasteiger partial charge in [-0.1, -0.05) is 91.0 Å². The van der Waals surface area contributed by atoms with E-state index in [1.807, 2.05) is 91.0 Å². The molecule has 7 heteroatoms. The summed E-state index contributed by atoms with van der Waals surface area (Å²) in [6, 6.07) is 33.1. The summed E-state index contributed by atoms with van der Waals surface area (Å²) >= 11 is 0. The summed E-state index contributed by atoms with van der Waals surface area (Å²) < 4.78 is 11.2. The number of amides is 1. The summed E-state index contributed by atoms with van der Waals surface area (Å²) in [5.41, 5.74) is 10.2. The number of benzene rings is 4. The monoisotopic (exact) mass is 547 g/mol. The van der Waals surface area contributed by atoms with Gasteiger partial charge in [-0.25, -0.2) is 0 Å². The first-order valence-electron chi connectivity index (χ1n) is 13.5. The highest BCUT2D eigenvalue weighted by Gasteiger charge is 2.54. The van der Waals surface area contributed by atoms with E-state index in [4.69, 9.17) is 20.6 Å². The van der Waals surface area contributed by atoms with E-state index in [1.165, 1.54) is 7.11 Å². The molecule has 1 amide bonds. The van der Waals surface area contributed by atoms with Crippen molar-refractivity contribution >= 4 is 17.7 Å². The Morgan fingerprint density at radius 2 is 1.41 bits per heavy atom. The number of nitrogens with two attached hydrogens (primary N) is 1. The molecule has 0 radical (unpaired) electrons. The Kier molecular flexibility index (Phi) is 7.88. The molecule has 41 heavy (non-hydrogen) atoms. The number of carbonyl (C=O) groups is 2. The lowest BCUT2D eigenvalue weighted by Gasteiger charge is -2.25. The van der Waals surface area contributed by atoms with E-state index < -0.39 is 11.4 Å². The lowest BCUT2D eigenvalue weighted by Crippen LogP contribution is -2.40. The second-order valence-corrected chi connectivity index (χ2v) is 10.5. The van der Waals surface area contributed by atoms with Gasteiger partial charge in [0.05, 0.1) is 13.2 Å². The summed E-state index contributed by atoms with van der Waals surface area (Å²) in [7, 11) is 1.31. The number of nitrogens with one attached hydrogen (secondary N) is 1. The van der Waals surface area contributed by atoms with Crippen molar-refractivity contribution < 1.29 is 19.1 Å². The average molecular weight is 548 g/mol. The zero-order valence-corrected chi connectivity index (χ0v) is 23.2. The van der Waals surface area contributed by atoms with Crippen LogP contribution in [-0.4, -0.2) is 42.4 Å². The van der Waals surface area contributed by atoms with Crippen LogP contribution in [0.15, 0.2) is 103 Å². The van der Waals surface area contributed by atoms with Crippen molar-refractivity contribution in [2.75, 3.05) is 13.7 Å². The van der Waals surface area contributed by atoms with Crippen molar-refractivity contribution in [3.05, 3.63) is 114 Å². The lowest BCUT2D eigenvalue weighted by molar-refractivity contribution is -0.158. The van der Waals surface area contributed by atoms with Gasteiger partial charge >= 0.3 is 5.97 Å². The van der Waals surface area contributed by atoms with Crippen LogP contribution in [0.4, 0.5) is 0 Å². The van der Waals surface area contributed by atoms with Crippen molar-refractivity contribution in [3.63, 3.8) is 0 Å². The van der Waals surface area contributed by atoms with Gasteiger partial charge < -0.3 is 20.1 Å². The highest BCUT2D eigenvalue weighted by Crippen LogP contribution is 2.38. The summed E-state index contributed by atoms with van der Waals surface area (Å²) in [6.07, 6.45) is 0.307. The molecule has 0 saturated carbocycles. The standard InChI is InChI=1S/C34H33N3O4/c1-34(33(39)40-2)20-29(22-41-30-18-16-27(17-19-30)26-12-14-28(15-13-26)31(35)36)37(32(34)38)21-23-8-10-25(11-9-23)24-6-4-3-5-7-24/h3-19,29H,20-22H2,1-2H3,(H3,35,36)/t29-,34-/m0/s1. The van der Waals surface area contributed by atoms with Gasteiger partial charge in [-0.3, -0.25) is 15.0 Å². The van der Waals surface area contributed by atoms with Crippen molar-refractivity contribution in [1.29, 1.82) is 5.41 Å². The number of nitrogen functional groups attached to an aromatic ring is 1. The Bertz CT molecular complexity index is 1530. The maximum Gasteiger partial charge on any atom is 0.321 e. The minimum atomic E-state index is -1.26. The van der Waals surface area contributed by atoms with Gasteiger partial charge in [0.2, 0.25) is 5.91 Å². The molecule has 0 aliphatic carbocycles. The van der Waals surface area contributed by atoms with Crippen LogP contribution >= 0.6 is 0 Å². The quantitative estimate of drug-likeness (QED) is 0.122. The third kappa shape index (κ3) is 5.84. The Balaban J connectivity index is 1.30. The molecule has 7 nitrogen and oxygen atoms in total. The summed E-state index contributed by atoms with van der Waals surface area (Å²) in [6.45, 7) is 2.26. The minimum Gasteiger partial charge on any atom is -0.491 e. The van der Waals surface area contributed by atoms with E-state index in [1.54, 1.807) is 11.8 Å². The smallest absolute Gasteiger partial charge is 0.321 e. The summed E-state index contributed by atoms with van der Waals surface area (Å²) in [5.74, 6) is -0.0864. The molecule has 5 rings (SSSR count). The number of amidine groups is 1. The number of hydrogen-bond acceptors (Lipinski definition) is 5. The van der Waals surface area contributed by atoms with Crippen LogP contribution in [0.3, 0.4) is 0 Å². The number of esters is 1. The normalized spacial score (nSPS) is 18.2. The molecular weight excluding hydrogens is 514 g/mol. The molecule has 1 aliphatic heterocycles. The van der Waals surface area contributed by atoms with E-state index in [2.05, 4.69) is 12.1 Å². The first-order chi connectivity index (χ1) is 19.8. The van der Waals surface area contributed by atoms with E-state index >= 15 is 0 Å². The molecule has 2 atom stereocenters. The number of carbonyl (C=O) groups excluding carboxylic acids is 2. The van der Waals surface area contributed by atoms with Gasteiger partial charge in [0.1, 0.15) is 23.6 Å². The second-order valence-electron chi connectivity index (χ2n) is 10.5. The molecule has 4 aromatic carbocycles. The average Bonchev–Trinajstić information content (AvgIpc) is 3.26. The zero-order valence-electron chi connectivity index (χ0n) is 23.2. The summed E-state index contributed by atoms with van der Waals surface area (Å²) in [4.78, 5) is 28.0. The molecule has 0 spiro atoms. The molecular formula is C34H33N3O4. The number of nitrogens with zero attached hydrogens (tertiary/aromatic N) is 1. The van der Waals surface area contributed by atoms with Gasteiger partial charge in [-0.05, 0) is 53.3 Å². The van der Waals surface area contributed by atoms with Crippen LogP contribution in [0.25, 0.3) is 22.3 Å². The Hall–Kier alpha value is -4.91. The van der Waals surface area contributed by atoms with Crippen LogP contribution in [0, 0.1) is 10.8 Å². The van der Waals surface area contributed by atoms with Crippen LogP contribution in [0.5, 0.6) is 5.75 Å². The maximum atomic E-state index is 13.6. The molecule has 208 valence electrons. The zero-order chi connectivity index (χ0) is 29.0. The van der Waals surface area contributed by atoms with E-state index in [9.17, 15) is 9.59 Å². The SMILES string of the molecule is COC(=O)[C@@]1(C)C[C@@H](COc2ccc(-c3ccc(C(=N)N)cc3)cc2)N(Cc2ccc(-c3ccccc3)cc2)C1=O. The molecule has 1 fully saturated rings. The topological polar surface area (TPSA) is 106 Å².